The van der Waals surface area contributed by atoms with Gasteiger partial charge in [0.25, 0.3) is 0 Å². The zero-order valence-corrected chi connectivity index (χ0v) is 12.3. The van der Waals surface area contributed by atoms with Gasteiger partial charge in [0.2, 0.25) is 5.91 Å². The second kappa shape index (κ2) is 5.66. The van der Waals surface area contributed by atoms with Crippen LogP contribution >= 0.6 is 0 Å². The molecule has 0 bridgehead atoms. The van der Waals surface area contributed by atoms with Crippen LogP contribution in [-0.4, -0.2) is 43.3 Å². The Hall–Kier alpha value is -1.99. The highest BCUT2D eigenvalue weighted by Crippen LogP contribution is 2.51. The summed E-state index contributed by atoms with van der Waals surface area (Å²) < 4.78 is 16.3. The Balaban J connectivity index is 1.84. The van der Waals surface area contributed by atoms with Crippen LogP contribution in [-0.2, 0) is 19.0 Å². The summed E-state index contributed by atoms with van der Waals surface area (Å²) in [5, 5.41) is 0. The van der Waals surface area contributed by atoms with Gasteiger partial charge in [0.15, 0.2) is 5.69 Å². The smallest absolute Gasteiger partial charge is 0.357 e. The molecule has 7 nitrogen and oxygen atoms in total. The predicted molar refractivity (Wildman–Crippen MR) is 74.9 cm³/mol. The number of amides is 1. The normalized spacial score (nSPS) is 26.2. The summed E-state index contributed by atoms with van der Waals surface area (Å²) in [6.07, 6.45) is 2.07. The molecule has 2 fully saturated rings. The van der Waals surface area contributed by atoms with E-state index in [1.165, 1.54) is 13.3 Å². The number of methoxy groups -OCH3 is 1. The number of carbonyl (C=O) groups is 2. The van der Waals surface area contributed by atoms with E-state index >= 15 is 0 Å². The quantitative estimate of drug-likeness (QED) is 0.817. The number of pyridine rings is 1. The van der Waals surface area contributed by atoms with Gasteiger partial charge in [0.05, 0.1) is 31.8 Å². The monoisotopic (exact) mass is 306 g/mol. The van der Waals surface area contributed by atoms with E-state index in [2.05, 4.69) is 4.98 Å². The first-order valence-corrected chi connectivity index (χ1v) is 7.15. The van der Waals surface area contributed by atoms with Crippen LogP contribution in [0.2, 0.25) is 0 Å². The minimum Gasteiger partial charge on any atom is -0.464 e. The molecule has 0 aromatic carbocycles. The maximum atomic E-state index is 11.8. The second-order valence-corrected chi connectivity index (χ2v) is 5.60. The largest absolute Gasteiger partial charge is 0.464 e. The third-order valence-electron chi connectivity index (χ3n) is 4.33. The summed E-state index contributed by atoms with van der Waals surface area (Å²) in [5.41, 5.74) is 5.65. The molecular weight excluding hydrogens is 288 g/mol. The molecule has 1 aliphatic carbocycles. The van der Waals surface area contributed by atoms with Gasteiger partial charge in [-0.3, -0.25) is 4.79 Å². The van der Waals surface area contributed by atoms with E-state index in [4.69, 9.17) is 19.9 Å². The molecule has 3 rings (SSSR count). The first kappa shape index (κ1) is 14.9. The van der Waals surface area contributed by atoms with Crippen molar-refractivity contribution in [2.24, 2.45) is 11.1 Å². The highest BCUT2D eigenvalue weighted by Gasteiger charge is 2.57. The molecule has 0 radical (unpaired) electrons. The van der Waals surface area contributed by atoms with Crippen LogP contribution in [0.15, 0.2) is 18.3 Å². The number of primary amides is 1. The number of carbonyl (C=O) groups excluding carboxylic acids is 2. The van der Waals surface area contributed by atoms with E-state index in [0.717, 1.165) is 0 Å². The van der Waals surface area contributed by atoms with Gasteiger partial charge in [-0.1, -0.05) is 6.07 Å². The van der Waals surface area contributed by atoms with E-state index < -0.39 is 23.6 Å². The molecule has 2 unspecified atom stereocenters. The van der Waals surface area contributed by atoms with Crippen molar-refractivity contribution in [3.63, 3.8) is 0 Å². The zero-order valence-electron chi connectivity index (χ0n) is 12.3. The van der Waals surface area contributed by atoms with E-state index in [9.17, 15) is 9.59 Å². The van der Waals surface area contributed by atoms with Crippen molar-refractivity contribution >= 4 is 11.9 Å². The standard InChI is InChI=1S/C15H18N2O5/c1-20-13(18)12-9(3-2-6-17-12)10-7-21-8-11(22-10)15(4-5-15)14(16)19/h2-3,6,10-11H,4-5,7-8H2,1H3,(H2,16,19). The van der Waals surface area contributed by atoms with Crippen LogP contribution in [0.1, 0.15) is 35.0 Å². The Morgan fingerprint density at radius 3 is 2.82 bits per heavy atom. The van der Waals surface area contributed by atoms with Gasteiger partial charge < -0.3 is 19.9 Å². The van der Waals surface area contributed by atoms with Crippen LogP contribution in [0.4, 0.5) is 0 Å². The van der Waals surface area contributed by atoms with Crippen molar-refractivity contribution in [3.05, 3.63) is 29.6 Å². The predicted octanol–water partition coefficient (Wildman–Crippen LogP) is 0.590. The SMILES string of the molecule is COC(=O)c1ncccc1C1COCC(C2(C(N)=O)CC2)O1. The molecule has 118 valence electrons. The lowest BCUT2D eigenvalue weighted by atomic mass is 9.97. The molecule has 1 aromatic heterocycles. The Bertz CT molecular complexity index is 599. The maximum Gasteiger partial charge on any atom is 0.357 e. The van der Waals surface area contributed by atoms with Gasteiger partial charge >= 0.3 is 5.97 Å². The summed E-state index contributed by atoms with van der Waals surface area (Å²) in [6, 6.07) is 3.47. The number of nitrogens with two attached hydrogens (primary N) is 1. The van der Waals surface area contributed by atoms with Gasteiger partial charge in [-0.15, -0.1) is 0 Å². The van der Waals surface area contributed by atoms with E-state index in [-0.39, 0.29) is 11.6 Å². The summed E-state index contributed by atoms with van der Waals surface area (Å²) >= 11 is 0. The molecule has 7 heteroatoms. The lowest BCUT2D eigenvalue weighted by Gasteiger charge is -2.34. The first-order valence-electron chi connectivity index (χ1n) is 7.15. The average molecular weight is 306 g/mol. The van der Waals surface area contributed by atoms with Crippen LogP contribution in [0.5, 0.6) is 0 Å². The van der Waals surface area contributed by atoms with Crippen molar-refractivity contribution in [1.82, 2.24) is 4.98 Å². The first-order chi connectivity index (χ1) is 10.6. The summed E-state index contributed by atoms with van der Waals surface area (Å²) in [6.45, 7) is 0.619. The summed E-state index contributed by atoms with van der Waals surface area (Å²) in [7, 11) is 1.30. The molecule has 2 atom stereocenters. The minimum absolute atomic E-state index is 0.197. The minimum atomic E-state index is -0.633. The van der Waals surface area contributed by atoms with Crippen LogP contribution in [0.25, 0.3) is 0 Å². The Morgan fingerprint density at radius 2 is 2.18 bits per heavy atom. The van der Waals surface area contributed by atoms with E-state index in [1.807, 2.05) is 0 Å². The molecule has 2 N–H and O–H groups in total. The fraction of sp³-hybridized carbons (Fsp3) is 0.533. The van der Waals surface area contributed by atoms with Crippen molar-refractivity contribution < 1.29 is 23.8 Å². The molecule has 1 amide bonds. The third-order valence-corrected chi connectivity index (χ3v) is 4.33. The van der Waals surface area contributed by atoms with E-state index in [1.54, 1.807) is 12.1 Å². The number of hydrogen-bond acceptors (Lipinski definition) is 6. The molecule has 2 aliphatic rings. The summed E-state index contributed by atoms with van der Waals surface area (Å²) in [4.78, 5) is 27.5. The fourth-order valence-corrected chi connectivity index (χ4v) is 2.82. The molecule has 1 aromatic rings. The number of ether oxygens (including phenoxy) is 3. The number of rotatable bonds is 4. The fourth-order valence-electron chi connectivity index (χ4n) is 2.82. The van der Waals surface area contributed by atoms with Crippen LogP contribution in [0, 0.1) is 5.41 Å². The van der Waals surface area contributed by atoms with Crippen molar-refractivity contribution in [1.29, 1.82) is 0 Å². The zero-order chi connectivity index (χ0) is 15.7. The van der Waals surface area contributed by atoms with Gasteiger partial charge in [0, 0.05) is 11.8 Å². The number of esters is 1. The maximum absolute atomic E-state index is 11.8. The molecule has 22 heavy (non-hydrogen) atoms. The van der Waals surface area contributed by atoms with Gasteiger partial charge in [0.1, 0.15) is 6.10 Å². The third kappa shape index (κ3) is 2.46. The molecule has 1 aliphatic heterocycles. The lowest BCUT2D eigenvalue weighted by molar-refractivity contribution is -0.171. The van der Waals surface area contributed by atoms with Crippen molar-refractivity contribution in [2.45, 2.75) is 25.0 Å². The Kier molecular flexibility index (Phi) is 3.84. The number of hydrogen-bond donors (Lipinski definition) is 1. The molecule has 2 heterocycles. The van der Waals surface area contributed by atoms with Crippen LogP contribution < -0.4 is 5.73 Å². The number of nitrogens with zero attached hydrogens (tertiary/aromatic N) is 1. The highest BCUT2D eigenvalue weighted by atomic mass is 16.6. The molecular formula is C15H18N2O5. The number of aromatic nitrogens is 1. The molecule has 0 spiro atoms. The topological polar surface area (TPSA) is 101 Å². The second-order valence-electron chi connectivity index (χ2n) is 5.60. The highest BCUT2D eigenvalue weighted by molar-refractivity contribution is 5.89. The van der Waals surface area contributed by atoms with Gasteiger partial charge in [-0.2, -0.15) is 0 Å². The van der Waals surface area contributed by atoms with Gasteiger partial charge in [-0.25, -0.2) is 9.78 Å². The lowest BCUT2D eigenvalue weighted by Crippen LogP contribution is -2.44. The molecule has 1 saturated carbocycles. The van der Waals surface area contributed by atoms with Crippen LogP contribution in [0.3, 0.4) is 0 Å². The molecule has 1 saturated heterocycles. The average Bonchev–Trinajstić information content (AvgIpc) is 3.36. The Morgan fingerprint density at radius 1 is 1.41 bits per heavy atom. The Labute approximate surface area is 127 Å². The van der Waals surface area contributed by atoms with Gasteiger partial charge in [-0.05, 0) is 18.9 Å². The van der Waals surface area contributed by atoms with Crippen molar-refractivity contribution in [3.8, 4) is 0 Å². The van der Waals surface area contributed by atoms with Crippen molar-refractivity contribution in [2.75, 3.05) is 20.3 Å². The van der Waals surface area contributed by atoms with E-state index in [0.29, 0.717) is 31.6 Å². The summed E-state index contributed by atoms with van der Waals surface area (Å²) in [5.74, 6) is -0.890.